The largest absolute Gasteiger partial charge is 0.479 e. The first-order valence-electron chi connectivity index (χ1n) is 12.7. The maximum absolute atomic E-state index is 14.4. The Morgan fingerprint density at radius 3 is 2.02 bits per heavy atom. The molecule has 1 unspecified atom stereocenters. The summed E-state index contributed by atoms with van der Waals surface area (Å²) in [6.07, 6.45) is -1.62. The van der Waals surface area contributed by atoms with Crippen molar-refractivity contribution in [1.29, 1.82) is 0 Å². The summed E-state index contributed by atoms with van der Waals surface area (Å²) < 4.78 is 57.0. The highest BCUT2D eigenvalue weighted by molar-refractivity contribution is 6.04. The van der Waals surface area contributed by atoms with Gasteiger partial charge in [0.1, 0.15) is 35.5 Å². The fourth-order valence-corrected chi connectivity index (χ4v) is 4.27. The molecule has 1 N–H and O–H groups in total. The Kier molecular flexibility index (Phi) is 9.53. The van der Waals surface area contributed by atoms with Crippen molar-refractivity contribution in [2.24, 2.45) is 0 Å². The average molecular weight is 579 g/mol. The maximum atomic E-state index is 14.4. The minimum absolute atomic E-state index is 0.304. The van der Waals surface area contributed by atoms with Crippen LogP contribution in [0.5, 0.6) is 5.88 Å². The van der Waals surface area contributed by atoms with Crippen molar-refractivity contribution >= 4 is 29.4 Å². The number of nitrogens with zero attached hydrogens (tertiary/aromatic N) is 1. The Balaban J connectivity index is 1.47. The first kappa shape index (κ1) is 29.8. The molecule has 8 nitrogen and oxygen atoms in total. The first-order valence-corrected chi connectivity index (χ1v) is 12.7. The van der Waals surface area contributed by atoms with E-state index in [1.54, 1.807) is 6.92 Å². The number of nitrogens with one attached hydrogen (secondary N) is 1. The predicted molar refractivity (Wildman–Crippen MR) is 146 cm³/mol. The van der Waals surface area contributed by atoms with Gasteiger partial charge in [-0.15, -0.1) is 0 Å². The summed E-state index contributed by atoms with van der Waals surface area (Å²) >= 11 is 0. The highest BCUT2D eigenvalue weighted by Crippen LogP contribution is 2.30. The second-order valence-electron chi connectivity index (χ2n) is 9.06. The van der Waals surface area contributed by atoms with Crippen LogP contribution in [0.15, 0.2) is 84.9 Å². The van der Waals surface area contributed by atoms with E-state index in [1.807, 2.05) is 60.7 Å². The predicted octanol–water partition coefficient (Wildman–Crippen LogP) is 6.09. The molecule has 0 saturated carbocycles. The quantitative estimate of drug-likeness (QED) is 0.178. The Labute approximate surface area is 239 Å². The van der Waals surface area contributed by atoms with E-state index in [2.05, 4.69) is 10.3 Å². The van der Waals surface area contributed by atoms with Crippen molar-refractivity contribution in [2.45, 2.75) is 25.4 Å². The molecule has 0 radical (unpaired) electrons. The SMILES string of the molecule is COc1nc(Nc2ccc(F)cc2F)c(C(=O)OC(=O)CC(=O)OC(C)C(c2ccccc2)c2ccccc2)cc1F. The molecule has 3 aromatic carbocycles. The summed E-state index contributed by atoms with van der Waals surface area (Å²) in [7, 11) is 1.11. The van der Waals surface area contributed by atoms with Gasteiger partial charge >= 0.3 is 17.9 Å². The van der Waals surface area contributed by atoms with E-state index in [0.717, 1.165) is 30.4 Å². The monoisotopic (exact) mass is 578 g/mol. The van der Waals surface area contributed by atoms with E-state index in [1.165, 1.54) is 0 Å². The summed E-state index contributed by atoms with van der Waals surface area (Å²) in [6, 6.07) is 21.9. The third-order valence-corrected chi connectivity index (χ3v) is 6.14. The highest BCUT2D eigenvalue weighted by Gasteiger charge is 2.28. The van der Waals surface area contributed by atoms with Gasteiger partial charge in [-0.1, -0.05) is 60.7 Å². The zero-order valence-corrected chi connectivity index (χ0v) is 22.5. The number of ether oxygens (including phenoxy) is 3. The zero-order valence-electron chi connectivity index (χ0n) is 22.5. The number of aromatic nitrogens is 1. The maximum Gasteiger partial charge on any atom is 0.349 e. The summed E-state index contributed by atoms with van der Waals surface area (Å²) in [5.41, 5.74) is 0.851. The van der Waals surface area contributed by atoms with Gasteiger partial charge in [-0.05, 0) is 36.2 Å². The lowest BCUT2D eigenvalue weighted by Gasteiger charge is -2.25. The number of hydrogen-bond donors (Lipinski definition) is 1. The van der Waals surface area contributed by atoms with Gasteiger partial charge in [-0.25, -0.2) is 18.0 Å². The summed E-state index contributed by atoms with van der Waals surface area (Å²) in [4.78, 5) is 41.7. The fourth-order valence-electron chi connectivity index (χ4n) is 4.27. The lowest BCUT2D eigenvalue weighted by atomic mass is 9.87. The van der Waals surface area contributed by atoms with Gasteiger partial charge in [0.2, 0.25) is 0 Å². The standard InChI is InChI=1S/C31H25F3N2O6/c1-18(28(19-9-5-3-6-10-19)20-11-7-4-8-12-20)41-26(37)17-27(38)42-31(39)22-16-24(34)30(40-2)36-29(22)35-25-14-13-21(32)15-23(25)33/h3-16,18,28H,17H2,1-2H3,(H,35,36). The Morgan fingerprint density at radius 1 is 0.833 bits per heavy atom. The van der Waals surface area contributed by atoms with E-state index >= 15 is 0 Å². The van der Waals surface area contributed by atoms with Crippen LogP contribution in [-0.2, 0) is 19.1 Å². The lowest BCUT2D eigenvalue weighted by Crippen LogP contribution is -2.26. The van der Waals surface area contributed by atoms with Crippen molar-refractivity contribution in [3.63, 3.8) is 0 Å². The number of carbonyl (C=O) groups excluding carboxylic acids is 3. The molecule has 0 amide bonds. The Hall–Kier alpha value is -5.19. The number of pyridine rings is 1. The van der Waals surface area contributed by atoms with Crippen LogP contribution in [-0.4, -0.2) is 36.1 Å². The molecule has 4 aromatic rings. The minimum Gasteiger partial charge on any atom is -0.479 e. The van der Waals surface area contributed by atoms with Crippen molar-refractivity contribution in [2.75, 3.05) is 12.4 Å². The van der Waals surface area contributed by atoms with Gasteiger partial charge in [0.25, 0.3) is 5.88 Å². The van der Waals surface area contributed by atoms with Gasteiger partial charge in [-0.2, -0.15) is 4.98 Å². The van der Waals surface area contributed by atoms with E-state index < -0.39 is 65.1 Å². The molecular formula is C31H25F3N2O6. The van der Waals surface area contributed by atoms with E-state index in [0.29, 0.717) is 12.1 Å². The molecule has 0 aliphatic heterocycles. The molecule has 42 heavy (non-hydrogen) atoms. The zero-order chi connectivity index (χ0) is 30.2. The third-order valence-electron chi connectivity index (χ3n) is 6.14. The number of halogens is 3. The fraction of sp³-hybridized carbons (Fsp3) is 0.161. The molecule has 0 aliphatic rings. The van der Waals surface area contributed by atoms with Gasteiger partial charge in [0.05, 0.1) is 12.8 Å². The summed E-state index contributed by atoms with van der Waals surface area (Å²) in [5.74, 6) is -7.92. The molecule has 0 saturated heterocycles. The number of esters is 3. The molecule has 1 aromatic heterocycles. The number of hydrogen-bond acceptors (Lipinski definition) is 8. The van der Waals surface area contributed by atoms with Crippen LogP contribution in [0.2, 0.25) is 0 Å². The van der Waals surface area contributed by atoms with Crippen molar-refractivity contribution in [3.05, 3.63) is 119 Å². The van der Waals surface area contributed by atoms with E-state index in [-0.39, 0.29) is 11.6 Å². The van der Waals surface area contributed by atoms with Crippen LogP contribution in [0.1, 0.15) is 40.7 Å². The normalized spacial score (nSPS) is 11.5. The molecule has 1 heterocycles. The smallest absolute Gasteiger partial charge is 0.349 e. The molecule has 0 bridgehead atoms. The number of methoxy groups -OCH3 is 1. The third kappa shape index (κ3) is 7.30. The molecule has 0 fully saturated rings. The van der Waals surface area contributed by atoms with Gasteiger partial charge in [-0.3, -0.25) is 9.59 Å². The minimum atomic E-state index is -1.38. The first-order chi connectivity index (χ1) is 20.2. The van der Waals surface area contributed by atoms with Crippen LogP contribution in [0, 0.1) is 17.5 Å². The van der Waals surface area contributed by atoms with E-state index in [4.69, 9.17) is 14.2 Å². The number of rotatable bonds is 10. The van der Waals surface area contributed by atoms with Crippen LogP contribution in [0.25, 0.3) is 0 Å². The topological polar surface area (TPSA) is 104 Å². The highest BCUT2D eigenvalue weighted by atomic mass is 19.1. The van der Waals surface area contributed by atoms with Crippen molar-refractivity contribution < 1.29 is 41.8 Å². The van der Waals surface area contributed by atoms with E-state index in [9.17, 15) is 27.6 Å². The van der Waals surface area contributed by atoms with Crippen LogP contribution >= 0.6 is 0 Å². The number of anilines is 2. The summed E-state index contributed by atoms with van der Waals surface area (Å²) in [6.45, 7) is 1.68. The van der Waals surface area contributed by atoms with Gasteiger partial charge in [0, 0.05) is 12.0 Å². The average Bonchev–Trinajstić information content (AvgIpc) is 2.96. The number of carbonyl (C=O) groups is 3. The molecule has 1 atom stereocenters. The molecule has 0 spiro atoms. The van der Waals surface area contributed by atoms with Gasteiger partial charge in [0.15, 0.2) is 5.82 Å². The Bertz CT molecular complexity index is 1550. The second kappa shape index (κ2) is 13.4. The lowest BCUT2D eigenvalue weighted by molar-refractivity contribution is -0.155. The molecule has 11 heteroatoms. The van der Waals surface area contributed by atoms with Gasteiger partial charge < -0.3 is 19.5 Å². The van der Waals surface area contributed by atoms with Crippen molar-refractivity contribution in [1.82, 2.24) is 4.98 Å². The Morgan fingerprint density at radius 2 is 1.45 bits per heavy atom. The molecule has 4 rings (SSSR count). The molecular weight excluding hydrogens is 553 g/mol. The van der Waals surface area contributed by atoms with Crippen LogP contribution in [0.4, 0.5) is 24.7 Å². The van der Waals surface area contributed by atoms with Crippen LogP contribution < -0.4 is 10.1 Å². The molecule has 216 valence electrons. The number of benzene rings is 3. The second-order valence-corrected chi connectivity index (χ2v) is 9.06. The van der Waals surface area contributed by atoms with Crippen molar-refractivity contribution in [3.8, 4) is 5.88 Å². The molecule has 0 aliphatic carbocycles. The summed E-state index contributed by atoms with van der Waals surface area (Å²) in [5, 5.41) is 2.43. The van der Waals surface area contributed by atoms with Crippen LogP contribution in [0.3, 0.4) is 0 Å².